The summed E-state index contributed by atoms with van der Waals surface area (Å²) in [5.41, 5.74) is 2.19. The number of amides is 1. The molecule has 4 rings (SSSR count). The van der Waals surface area contributed by atoms with E-state index in [0.717, 1.165) is 21.9 Å². The molecule has 0 aliphatic carbocycles. The van der Waals surface area contributed by atoms with Crippen molar-refractivity contribution in [2.75, 3.05) is 0 Å². The minimum absolute atomic E-state index is 0.250. The number of oxazole rings is 1. The highest BCUT2D eigenvalue weighted by Gasteiger charge is 2.18. The van der Waals surface area contributed by atoms with Gasteiger partial charge in [0.05, 0.1) is 0 Å². The summed E-state index contributed by atoms with van der Waals surface area (Å²) < 4.78 is 5.42. The molecule has 0 saturated heterocycles. The summed E-state index contributed by atoms with van der Waals surface area (Å²) in [5.74, 6) is 0.233. The zero-order valence-electron chi connectivity index (χ0n) is 13.5. The topological polar surface area (TPSA) is 55.1 Å². The van der Waals surface area contributed by atoms with Gasteiger partial charge in [0, 0.05) is 12.1 Å². The maximum Gasteiger partial charge on any atom is 0.274 e. The van der Waals surface area contributed by atoms with Crippen molar-refractivity contribution in [1.82, 2.24) is 10.3 Å². The molecule has 0 aliphatic rings. The average Bonchev–Trinajstić information content (AvgIpc) is 3.17. The summed E-state index contributed by atoms with van der Waals surface area (Å²) in [6.07, 6.45) is 1.30. The summed E-state index contributed by atoms with van der Waals surface area (Å²) in [6.45, 7) is 0.432. The van der Waals surface area contributed by atoms with Crippen LogP contribution in [-0.4, -0.2) is 10.9 Å². The minimum atomic E-state index is -0.250. The van der Waals surface area contributed by atoms with E-state index >= 15 is 0 Å². The van der Waals surface area contributed by atoms with E-state index in [1.807, 2.05) is 54.6 Å². The van der Waals surface area contributed by atoms with Crippen molar-refractivity contribution >= 4 is 16.7 Å². The molecule has 3 aromatic carbocycles. The Kier molecular flexibility index (Phi) is 4.01. The van der Waals surface area contributed by atoms with Crippen molar-refractivity contribution in [2.24, 2.45) is 0 Å². The number of nitrogens with one attached hydrogen (secondary N) is 1. The highest BCUT2D eigenvalue weighted by Crippen LogP contribution is 2.23. The van der Waals surface area contributed by atoms with E-state index in [1.54, 1.807) is 0 Å². The molecular weight excluding hydrogens is 312 g/mol. The van der Waals surface area contributed by atoms with Gasteiger partial charge in [0.2, 0.25) is 0 Å². The number of hydrogen-bond donors (Lipinski definition) is 1. The Labute approximate surface area is 145 Å². The quantitative estimate of drug-likeness (QED) is 0.603. The van der Waals surface area contributed by atoms with E-state index in [4.69, 9.17) is 4.42 Å². The Balaban J connectivity index is 1.57. The first-order valence-corrected chi connectivity index (χ1v) is 8.06. The first-order valence-electron chi connectivity index (χ1n) is 8.06. The molecule has 0 spiro atoms. The van der Waals surface area contributed by atoms with E-state index in [0.29, 0.717) is 18.0 Å². The molecule has 25 heavy (non-hydrogen) atoms. The lowest BCUT2D eigenvalue weighted by Gasteiger charge is -2.08. The molecule has 0 saturated carbocycles. The smallest absolute Gasteiger partial charge is 0.274 e. The van der Waals surface area contributed by atoms with E-state index < -0.39 is 0 Å². The van der Waals surface area contributed by atoms with E-state index in [2.05, 4.69) is 28.5 Å². The number of rotatable bonds is 4. The molecule has 4 aromatic rings. The molecule has 1 aromatic heterocycles. The van der Waals surface area contributed by atoms with Crippen LogP contribution in [0.4, 0.5) is 0 Å². The first kappa shape index (κ1) is 15.1. The molecule has 122 valence electrons. The Hall–Kier alpha value is -3.40. The van der Waals surface area contributed by atoms with Crippen LogP contribution in [0.2, 0.25) is 0 Å². The van der Waals surface area contributed by atoms with Crippen molar-refractivity contribution in [2.45, 2.75) is 6.54 Å². The lowest BCUT2D eigenvalue weighted by Crippen LogP contribution is -2.23. The van der Waals surface area contributed by atoms with Crippen LogP contribution in [0.15, 0.2) is 83.6 Å². The number of aromatic nitrogens is 1. The highest BCUT2D eigenvalue weighted by molar-refractivity contribution is 5.97. The standard InChI is InChI=1S/C21H16N2O2/c24-21(19-20(25-14-23-19)16-8-2-1-3-9-16)22-13-17-11-6-10-15-7-4-5-12-18(15)17/h1-12,14H,13H2,(H,22,24). The molecule has 0 bridgehead atoms. The third-order valence-electron chi connectivity index (χ3n) is 4.14. The Bertz CT molecular complexity index is 1020. The van der Waals surface area contributed by atoms with Crippen molar-refractivity contribution in [3.05, 3.63) is 90.4 Å². The first-order chi connectivity index (χ1) is 12.3. The van der Waals surface area contributed by atoms with Gasteiger partial charge >= 0.3 is 0 Å². The van der Waals surface area contributed by atoms with Crippen LogP contribution in [0.5, 0.6) is 0 Å². The van der Waals surface area contributed by atoms with E-state index in [1.165, 1.54) is 6.39 Å². The number of carbonyl (C=O) groups is 1. The minimum Gasteiger partial charge on any atom is -0.443 e. The number of hydrogen-bond acceptors (Lipinski definition) is 3. The van der Waals surface area contributed by atoms with Gasteiger partial charge in [-0.15, -0.1) is 0 Å². The van der Waals surface area contributed by atoms with Crippen LogP contribution in [0.25, 0.3) is 22.1 Å². The SMILES string of the molecule is O=C(NCc1cccc2ccccc12)c1ncoc1-c1ccccc1. The second kappa shape index (κ2) is 6.61. The van der Waals surface area contributed by atoms with Gasteiger partial charge in [0.25, 0.3) is 5.91 Å². The third-order valence-corrected chi connectivity index (χ3v) is 4.14. The number of carbonyl (C=O) groups excluding carboxylic acids is 1. The molecule has 0 radical (unpaired) electrons. The summed E-state index contributed by atoms with van der Waals surface area (Å²) in [7, 11) is 0. The normalized spacial score (nSPS) is 10.7. The van der Waals surface area contributed by atoms with Crippen molar-refractivity contribution < 1.29 is 9.21 Å². The molecular formula is C21H16N2O2. The predicted octanol–water partition coefficient (Wildman–Crippen LogP) is 4.42. The zero-order chi connectivity index (χ0) is 17.1. The highest BCUT2D eigenvalue weighted by atomic mass is 16.3. The van der Waals surface area contributed by atoms with Gasteiger partial charge in [-0.3, -0.25) is 4.79 Å². The van der Waals surface area contributed by atoms with E-state index in [-0.39, 0.29) is 5.91 Å². The largest absolute Gasteiger partial charge is 0.443 e. The summed E-state index contributed by atoms with van der Waals surface area (Å²) in [5, 5.41) is 5.23. The van der Waals surface area contributed by atoms with Crippen molar-refractivity contribution in [3.8, 4) is 11.3 Å². The Morgan fingerprint density at radius 1 is 0.920 bits per heavy atom. The molecule has 1 amide bonds. The molecule has 4 nitrogen and oxygen atoms in total. The van der Waals surface area contributed by atoms with Gasteiger partial charge in [0.1, 0.15) is 0 Å². The van der Waals surface area contributed by atoms with Crippen LogP contribution >= 0.6 is 0 Å². The van der Waals surface area contributed by atoms with Gasteiger partial charge in [-0.05, 0) is 16.3 Å². The predicted molar refractivity (Wildman–Crippen MR) is 97.1 cm³/mol. The van der Waals surface area contributed by atoms with Crippen LogP contribution in [0.3, 0.4) is 0 Å². The Morgan fingerprint density at radius 2 is 1.68 bits per heavy atom. The van der Waals surface area contributed by atoms with Gasteiger partial charge in [-0.25, -0.2) is 4.98 Å². The van der Waals surface area contributed by atoms with Crippen LogP contribution in [0.1, 0.15) is 16.1 Å². The zero-order valence-corrected chi connectivity index (χ0v) is 13.5. The lowest BCUT2D eigenvalue weighted by atomic mass is 10.0. The molecule has 1 heterocycles. The van der Waals surface area contributed by atoms with Gasteiger partial charge in [-0.2, -0.15) is 0 Å². The molecule has 1 N–H and O–H groups in total. The van der Waals surface area contributed by atoms with Crippen LogP contribution in [0, 0.1) is 0 Å². The third kappa shape index (κ3) is 3.02. The molecule has 0 fully saturated rings. The van der Waals surface area contributed by atoms with Gasteiger partial charge in [0.15, 0.2) is 17.8 Å². The maximum atomic E-state index is 12.6. The fraction of sp³-hybridized carbons (Fsp3) is 0.0476. The van der Waals surface area contributed by atoms with Gasteiger partial charge < -0.3 is 9.73 Å². The monoisotopic (exact) mass is 328 g/mol. The fourth-order valence-corrected chi connectivity index (χ4v) is 2.91. The van der Waals surface area contributed by atoms with Crippen LogP contribution < -0.4 is 5.32 Å². The van der Waals surface area contributed by atoms with Crippen molar-refractivity contribution in [3.63, 3.8) is 0 Å². The summed E-state index contributed by atoms with van der Waals surface area (Å²) in [4.78, 5) is 16.7. The second-order valence-corrected chi connectivity index (χ2v) is 5.72. The molecule has 4 heteroatoms. The van der Waals surface area contributed by atoms with Gasteiger partial charge in [-0.1, -0.05) is 72.8 Å². The maximum absolute atomic E-state index is 12.6. The van der Waals surface area contributed by atoms with Crippen LogP contribution in [-0.2, 0) is 6.54 Å². The van der Waals surface area contributed by atoms with Crippen molar-refractivity contribution in [1.29, 1.82) is 0 Å². The average molecular weight is 328 g/mol. The van der Waals surface area contributed by atoms with E-state index in [9.17, 15) is 4.79 Å². The number of fused-ring (bicyclic) bond motifs is 1. The molecule has 0 unspecified atom stereocenters. The second-order valence-electron chi connectivity index (χ2n) is 5.72. The Morgan fingerprint density at radius 3 is 2.56 bits per heavy atom. The summed E-state index contributed by atoms with van der Waals surface area (Å²) >= 11 is 0. The fourth-order valence-electron chi connectivity index (χ4n) is 2.91. The lowest BCUT2D eigenvalue weighted by molar-refractivity contribution is 0.0947. The molecule has 0 atom stereocenters. The summed E-state index contributed by atoms with van der Waals surface area (Å²) in [6, 6.07) is 23.7. The number of nitrogens with zero attached hydrogens (tertiary/aromatic N) is 1. The number of benzene rings is 3. The molecule has 0 aliphatic heterocycles.